The highest BCUT2D eigenvalue weighted by Gasteiger charge is 2.32. The van der Waals surface area contributed by atoms with Gasteiger partial charge in [-0.05, 0) is 36.8 Å². The molecule has 0 spiro atoms. The van der Waals surface area contributed by atoms with E-state index in [4.69, 9.17) is 9.47 Å². The standard InChI is InChI=1S/C18H20O2S2/c1-18(21-12-13-22-18)15-6-5-9-17(14-15)20-11-10-19-16-7-3-2-4-8-16/h2-9,14H,10-13H2,1H3. The fourth-order valence-electron chi connectivity index (χ4n) is 2.39. The number of hydrogen-bond acceptors (Lipinski definition) is 4. The molecule has 0 saturated carbocycles. The van der Waals surface area contributed by atoms with E-state index >= 15 is 0 Å². The molecule has 2 nitrogen and oxygen atoms in total. The van der Waals surface area contributed by atoms with Crippen LogP contribution in [0.1, 0.15) is 12.5 Å². The monoisotopic (exact) mass is 332 g/mol. The number of ether oxygens (including phenoxy) is 2. The van der Waals surface area contributed by atoms with E-state index in [1.807, 2.05) is 59.9 Å². The quantitative estimate of drug-likeness (QED) is 0.707. The van der Waals surface area contributed by atoms with Crippen molar-refractivity contribution in [3.8, 4) is 11.5 Å². The zero-order chi connectivity index (χ0) is 15.3. The summed E-state index contributed by atoms with van der Waals surface area (Å²) in [6.45, 7) is 3.40. The van der Waals surface area contributed by atoms with Gasteiger partial charge in [0.05, 0.1) is 4.08 Å². The summed E-state index contributed by atoms with van der Waals surface area (Å²) in [7, 11) is 0. The zero-order valence-corrected chi connectivity index (χ0v) is 14.3. The van der Waals surface area contributed by atoms with Gasteiger partial charge in [0.2, 0.25) is 0 Å². The summed E-state index contributed by atoms with van der Waals surface area (Å²) >= 11 is 4.03. The van der Waals surface area contributed by atoms with E-state index in [-0.39, 0.29) is 4.08 Å². The van der Waals surface area contributed by atoms with Crippen LogP contribution in [0.15, 0.2) is 54.6 Å². The highest BCUT2D eigenvalue weighted by atomic mass is 32.2. The summed E-state index contributed by atoms with van der Waals surface area (Å²) in [5, 5.41) is 0. The SMILES string of the molecule is CC1(c2cccc(OCCOc3ccccc3)c2)SCCS1. The summed E-state index contributed by atoms with van der Waals surface area (Å²) < 4.78 is 11.6. The molecule has 0 unspecified atom stereocenters. The summed E-state index contributed by atoms with van der Waals surface area (Å²) in [6.07, 6.45) is 0. The van der Waals surface area contributed by atoms with E-state index in [2.05, 4.69) is 25.1 Å². The van der Waals surface area contributed by atoms with Crippen LogP contribution >= 0.6 is 23.5 Å². The van der Waals surface area contributed by atoms with Crippen LogP contribution in [0.3, 0.4) is 0 Å². The van der Waals surface area contributed by atoms with Gasteiger partial charge in [0, 0.05) is 11.5 Å². The average Bonchev–Trinajstić information content (AvgIpc) is 3.01. The molecule has 0 amide bonds. The van der Waals surface area contributed by atoms with E-state index < -0.39 is 0 Å². The van der Waals surface area contributed by atoms with Crippen molar-refractivity contribution >= 4 is 23.5 Å². The molecule has 3 rings (SSSR count). The second kappa shape index (κ2) is 7.34. The lowest BCUT2D eigenvalue weighted by Gasteiger charge is -2.22. The maximum Gasteiger partial charge on any atom is 0.122 e. The van der Waals surface area contributed by atoms with Crippen molar-refractivity contribution in [2.45, 2.75) is 11.0 Å². The Morgan fingerprint density at radius 1 is 0.864 bits per heavy atom. The fourth-order valence-corrected chi connectivity index (χ4v) is 5.25. The fraction of sp³-hybridized carbons (Fsp3) is 0.333. The lowest BCUT2D eigenvalue weighted by molar-refractivity contribution is 0.217. The van der Waals surface area contributed by atoms with Crippen LogP contribution in [0.2, 0.25) is 0 Å². The predicted molar refractivity (Wildman–Crippen MR) is 96.1 cm³/mol. The Morgan fingerprint density at radius 3 is 2.23 bits per heavy atom. The van der Waals surface area contributed by atoms with Crippen molar-refractivity contribution in [2.75, 3.05) is 24.7 Å². The molecular weight excluding hydrogens is 312 g/mol. The molecule has 22 heavy (non-hydrogen) atoms. The molecule has 0 bridgehead atoms. The van der Waals surface area contributed by atoms with E-state index in [0.717, 1.165) is 11.5 Å². The molecular formula is C18H20O2S2. The van der Waals surface area contributed by atoms with Gasteiger partial charge in [-0.15, -0.1) is 23.5 Å². The Bertz CT molecular complexity index is 595. The van der Waals surface area contributed by atoms with Crippen molar-refractivity contribution in [1.29, 1.82) is 0 Å². The molecule has 0 N–H and O–H groups in total. The molecule has 2 aromatic carbocycles. The molecule has 116 valence electrons. The van der Waals surface area contributed by atoms with Crippen molar-refractivity contribution in [2.24, 2.45) is 0 Å². The molecule has 4 heteroatoms. The minimum atomic E-state index is 0.167. The smallest absolute Gasteiger partial charge is 0.122 e. The molecule has 2 aromatic rings. The largest absolute Gasteiger partial charge is 0.490 e. The Kier molecular flexibility index (Phi) is 5.21. The van der Waals surface area contributed by atoms with Gasteiger partial charge < -0.3 is 9.47 Å². The van der Waals surface area contributed by atoms with Gasteiger partial charge in [-0.2, -0.15) is 0 Å². The average molecular weight is 332 g/mol. The Labute approximate surface area is 140 Å². The highest BCUT2D eigenvalue weighted by Crippen LogP contribution is 2.51. The van der Waals surface area contributed by atoms with Crippen LogP contribution in [-0.4, -0.2) is 24.7 Å². The Balaban J connectivity index is 1.52. The number of benzene rings is 2. The van der Waals surface area contributed by atoms with Gasteiger partial charge >= 0.3 is 0 Å². The van der Waals surface area contributed by atoms with E-state index in [1.165, 1.54) is 17.1 Å². The minimum absolute atomic E-state index is 0.167. The van der Waals surface area contributed by atoms with Gasteiger partial charge in [0.25, 0.3) is 0 Å². The lowest BCUT2D eigenvalue weighted by atomic mass is 10.1. The van der Waals surface area contributed by atoms with Crippen LogP contribution in [0.4, 0.5) is 0 Å². The first-order valence-electron chi connectivity index (χ1n) is 7.45. The summed E-state index contributed by atoms with van der Waals surface area (Å²) in [5.41, 5.74) is 1.33. The Morgan fingerprint density at radius 2 is 1.50 bits per heavy atom. The number of para-hydroxylation sites is 1. The number of thioether (sulfide) groups is 2. The first-order chi connectivity index (χ1) is 10.8. The van der Waals surface area contributed by atoms with Gasteiger partial charge in [0.1, 0.15) is 24.7 Å². The van der Waals surface area contributed by atoms with Crippen LogP contribution in [0.25, 0.3) is 0 Å². The van der Waals surface area contributed by atoms with Gasteiger partial charge in [-0.3, -0.25) is 0 Å². The van der Waals surface area contributed by atoms with Crippen LogP contribution in [0.5, 0.6) is 11.5 Å². The molecule has 0 aromatic heterocycles. The van der Waals surface area contributed by atoms with Crippen LogP contribution in [-0.2, 0) is 4.08 Å². The second-order valence-corrected chi connectivity index (χ2v) is 8.47. The third-order valence-corrected chi connectivity index (χ3v) is 6.92. The second-order valence-electron chi connectivity index (χ2n) is 5.18. The van der Waals surface area contributed by atoms with Crippen molar-refractivity contribution in [3.05, 3.63) is 60.2 Å². The van der Waals surface area contributed by atoms with E-state index in [1.54, 1.807) is 0 Å². The molecule has 1 heterocycles. The van der Waals surface area contributed by atoms with Gasteiger partial charge in [-0.1, -0.05) is 30.3 Å². The van der Waals surface area contributed by atoms with E-state index in [9.17, 15) is 0 Å². The summed E-state index contributed by atoms with van der Waals surface area (Å²) in [5.74, 6) is 4.24. The first kappa shape index (κ1) is 15.6. The lowest BCUT2D eigenvalue weighted by Crippen LogP contribution is -2.11. The molecule has 1 fully saturated rings. The normalized spacial score (nSPS) is 16.4. The van der Waals surface area contributed by atoms with E-state index in [0.29, 0.717) is 13.2 Å². The highest BCUT2D eigenvalue weighted by molar-refractivity contribution is 8.20. The molecule has 0 atom stereocenters. The number of hydrogen-bond donors (Lipinski definition) is 0. The van der Waals surface area contributed by atoms with Crippen LogP contribution < -0.4 is 9.47 Å². The van der Waals surface area contributed by atoms with Gasteiger partial charge in [-0.25, -0.2) is 0 Å². The van der Waals surface area contributed by atoms with Crippen molar-refractivity contribution in [3.63, 3.8) is 0 Å². The van der Waals surface area contributed by atoms with Gasteiger partial charge in [0.15, 0.2) is 0 Å². The zero-order valence-electron chi connectivity index (χ0n) is 12.7. The maximum atomic E-state index is 5.83. The first-order valence-corrected chi connectivity index (χ1v) is 9.42. The Hall–Kier alpha value is -1.26. The molecule has 0 aliphatic carbocycles. The predicted octanol–water partition coefficient (Wildman–Crippen LogP) is 4.80. The number of rotatable bonds is 6. The maximum absolute atomic E-state index is 5.83. The minimum Gasteiger partial charge on any atom is -0.490 e. The third-order valence-electron chi connectivity index (χ3n) is 3.56. The third kappa shape index (κ3) is 3.93. The molecule has 1 saturated heterocycles. The molecule has 0 radical (unpaired) electrons. The molecule has 1 aliphatic rings. The summed E-state index contributed by atoms with van der Waals surface area (Å²) in [6, 6.07) is 18.3. The van der Waals surface area contributed by atoms with Crippen molar-refractivity contribution in [1.82, 2.24) is 0 Å². The van der Waals surface area contributed by atoms with Crippen LogP contribution in [0, 0.1) is 0 Å². The van der Waals surface area contributed by atoms with Crippen molar-refractivity contribution < 1.29 is 9.47 Å². The molecule has 1 aliphatic heterocycles. The topological polar surface area (TPSA) is 18.5 Å². The summed E-state index contributed by atoms with van der Waals surface area (Å²) in [4.78, 5) is 0.